The zero-order chi connectivity index (χ0) is 60.4. The van der Waals surface area contributed by atoms with E-state index in [-0.39, 0.29) is 65.8 Å². The molecule has 4 aliphatic heterocycles. The first kappa shape index (κ1) is 61.5. The Morgan fingerprint density at radius 3 is 2.43 bits per heavy atom. The van der Waals surface area contributed by atoms with E-state index in [1.54, 1.807) is 11.9 Å². The molecule has 5 aromatic rings. The molecule has 5 aliphatic rings. The minimum Gasteiger partial charge on any atom is -0.440 e. The SMILES string of the molecule is CCN1c2cc3c(cc2C(C)CC1(C)C)C(c1ccccc1C(=O)N(C)CCCC(=O)NCCNC(=O)O[C@H]1[C@@H](O)[C@H](n2cnc4c(N)ncnc42)O[C@@H]1COP(=O)(O)OP(=O)(O)OP(O)(O)=S)=c1cc2c4c(c1C3(C)C)CCC[N+]=4CCC2. The monoisotopic (exact) mass is 1240 g/mol. The third kappa shape index (κ3) is 12.3. The number of aliphatic hydroxyl groups is 1. The first-order chi connectivity index (χ1) is 39.6. The number of amides is 3. The van der Waals surface area contributed by atoms with Gasteiger partial charge in [-0.25, -0.2) is 37.8 Å². The standard InChI is InChI=1S/C55H71N10O15P3S/c1-8-65-40-26-39-37(25-36(40)31(2)27-54(65,3)4)43(38-24-32-14-11-22-63-23-12-17-35(46(32)63)44(38)55(39,5)6)33-15-9-10-16-34(33)51(68)62(7)21-13-18-42(66)57-19-20-58-53(69)78-48-41(28-76-81(70,71)79-82(72,73)80-83(74,75)84)77-52(47(48)67)64-30-61-45-49(56)59-29-60-50(45)64/h9-10,15-16,24-26,29-31,41,47-48,52,67H,8,11-14,17-23,27-28H2,1-7H3,(H7-,56,57,58,59,60,66,69,70,71,72,73,74,75,84)/p+1/t31?,41-,47-,48-,52-/m1/s1. The molecule has 3 unspecified atom stereocenters. The molecule has 2 aromatic heterocycles. The number of carbonyl (C=O) groups is 3. The molecule has 3 amide bonds. The summed E-state index contributed by atoms with van der Waals surface area (Å²) >= 11 is 4.13. The lowest BCUT2D eigenvalue weighted by Gasteiger charge is -2.48. The van der Waals surface area contributed by atoms with Gasteiger partial charge in [0.25, 0.3) is 5.91 Å². The summed E-state index contributed by atoms with van der Waals surface area (Å²) in [5.74, 6) is -0.218. The number of aromatic nitrogens is 4. The van der Waals surface area contributed by atoms with E-state index in [0.717, 1.165) is 74.8 Å². The van der Waals surface area contributed by atoms with Crippen LogP contribution in [0.2, 0.25) is 0 Å². The fraction of sp³-hybridized carbons (Fsp3) is 0.509. The van der Waals surface area contributed by atoms with E-state index < -0.39 is 59.6 Å². The van der Waals surface area contributed by atoms with Crippen LogP contribution in [0.15, 0.2) is 55.1 Å². The van der Waals surface area contributed by atoms with Crippen molar-refractivity contribution in [2.45, 2.75) is 128 Å². The van der Waals surface area contributed by atoms with Gasteiger partial charge in [0.2, 0.25) is 11.3 Å². The van der Waals surface area contributed by atoms with E-state index in [1.165, 1.54) is 55.0 Å². The number of benzene rings is 3. The normalized spacial score (nSPS) is 22.7. The molecule has 1 saturated heterocycles. The third-order valence-corrected chi connectivity index (χ3v) is 21.0. The predicted octanol–water partition coefficient (Wildman–Crippen LogP) is 4.27. The summed E-state index contributed by atoms with van der Waals surface area (Å²) in [6.07, 6.45) is 0.300. The van der Waals surface area contributed by atoms with E-state index >= 15 is 0 Å². The molecule has 0 spiro atoms. The number of nitrogens with zero attached hydrogens (tertiary/aromatic N) is 7. The van der Waals surface area contributed by atoms with Crippen LogP contribution in [-0.2, 0) is 66.6 Å². The summed E-state index contributed by atoms with van der Waals surface area (Å²) in [5, 5.41) is 19.3. The highest BCUT2D eigenvalue weighted by atomic mass is 32.5. The molecule has 7 atom stereocenters. The highest BCUT2D eigenvalue weighted by molar-refractivity contribution is 8.08. The third-order valence-electron chi connectivity index (χ3n) is 16.6. The molecule has 0 radical (unpaired) electrons. The molecule has 0 saturated carbocycles. The van der Waals surface area contributed by atoms with Gasteiger partial charge >= 0.3 is 28.5 Å². The molecule has 25 nitrogen and oxygen atoms in total. The predicted molar refractivity (Wildman–Crippen MR) is 314 cm³/mol. The Morgan fingerprint density at radius 2 is 1.69 bits per heavy atom. The lowest BCUT2D eigenvalue weighted by molar-refractivity contribution is -0.121. The highest BCUT2D eigenvalue weighted by Gasteiger charge is 2.50. The molecule has 6 heterocycles. The number of phosphoric acid groups is 2. The van der Waals surface area contributed by atoms with Crippen molar-refractivity contribution in [1.82, 2.24) is 39.6 Å². The van der Waals surface area contributed by atoms with Crippen molar-refractivity contribution in [2.24, 2.45) is 0 Å². The fourth-order valence-electron chi connectivity index (χ4n) is 13.2. The number of carbonyl (C=O) groups excluding carboxylic acids is 3. The van der Waals surface area contributed by atoms with Crippen LogP contribution in [-0.4, -0.2) is 144 Å². The van der Waals surface area contributed by atoms with Gasteiger partial charge in [-0.2, -0.15) is 4.31 Å². The first-order valence-corrected chi connectivity index (χ1v) is 33.6. The Morgan fingerprint density at radius 1 is 0.964 bits per heavy atom. The second-order valence-electron chi connectivity index (χ2n) is 23.1. The zero-order valence-electron chi connectivity index (χ0n) is 47.8. The van der Waals surface area contributed by atoms with Crippen LogP contribution in [0.25, 0.3) is 16.7 Å². The maximum absolute atomic E-state index is 14.9. The Kier molecular flexibility index (Phi) is 17.3. The molecule has 9 N–H and O–H groups in total. The summed E-state index contributed by atoms with van der Waals surface area (Å²) in [7, 11) is -9.54. The number of nitrogens with one attached hydrogen (secondary N) is 2. The van der Waals surface area contributed by atoms with E-state index in [4.69, 9.17) is 19.7 Å². The Labute approximate surface area is 490 Å². The Bertz CT molecular complexity index is 3740. The van der Waals surface area contributed by atoms with Gasteiger partial charge < -0.3 is 60.3 Å². The van der Waals surface area contributed by atoms with Gasteiger partial charge in [-0.3, -0.25) is 18.7 Å². The Balaban J connectivity index is 0.807. The highest BCUT2D eigenvalue weighted by Crippen LogP contribution is 2.66. The maximum atomic E-state index is 14.9. The minimum atomic E-state index is -5.69. The second kappa shape index (κ2) is 23.6. The molecule has 1 aliphatic carbocycles. The fourth-order valence-corrected chi connectivity index (χ4v) is 17.0. The van der Waals surface area contributed by atoms with Gasteiger partial charge in [0.05, 0.1) is 12.9 Å². The van der Waals surface area contributed by atoms with Gasteiger partial charge in [0.1, 0.15) is 37.1 Å². The van der Waals surface area contributed by atoms with Crippen molar-refractivity contribution in [2.75, 3.05) is 63.6 Å². The Hall–Kier alpha value is -5.56. The van der Waals surface area contributed by atoms with Crippen molar-refractivity contribution in [3.63, 3.8) is 0 Å². The van der Waals surface area contributed by atoms with Gasteiger partial charge in [-0.05, 0) is 127 Å². The van der Waals surface area contributed by atoms with Crippen LogP contribution in [0.3, 0.4) is 0 Å². The number of fused-ring (bicyclic) bond motifs is 5. The first-order valence-electron chi connectivity index (χ1n) is 28.0. The van der Waals surface area contributed by atoms with Gasteiger partial charge in [-0.1, -0.05) is 39.0 Å². The van der Waals surface area contributed by atoms with Gasteiger partial charge in [-0.15, -0.1) is 0 Å². The number of alkyl carbamates (subject to hydrolysis) is 1. The summed E-state index contributed by atoms with van der Waals surface area (Å²) < 4.78 is 52.9. The van der Waals surface area contributed by atoms with Gasteiger partial charge in [0.15, 0.2) is 23.8 Å². The van der Waals surface area contributed by atoms with Crippen LogP contribution in [0.4, 0.5) is 16.3 Å². The summed E-state index contributed by atoms with van der Waals surface area (Å²) in [5.41, 5.74) is 17.5. The smallest absolute Gasteiger partial charge is 0.440 e. The number of hydrogen-bond donors (Lipinski definition) is 8. The average Bonchev–Trinajstić information content (AvgIpc) is 0.879. The van der Waals surface area contributed by atoms with E-state index in [2.05, 4.69) is 121 Å². The van der Waals surface area contributed by atoms with Crippen molar-refractivity contribution in [3.05, 3.63) is 110 Å². The van der Waals surface area contributed by atoms with Crippen molar-refractivity contribution in [3.8, 4) is 0 Å². The molecule has 0 bridgehead atoms. The number of ether oxygens (including phenoxy) is 2. The van der Waals surface area contributed by atoms with Crippen LogP contribution in [0.5, 0.6) is 0 Å². The maximum Gasteiger partial charge on any atom is 0.488 e. The quantitative estimate of drug-likeness (QED) is 0.0325. The largest absolute Gasteiger partial charge is 0.488 e. The second-order valence-corrected chi connectivity index (χ2v) is 29.0. The number of phosphoric ester groups is 1. The van der Waals surface area contributed by atoms with Crippen molar-refractivity contribution in [1.29, 1.82) is 0 Å². The summed E-state index contributed by atoms with van der Waals surface area (Å²) in [4.78, 5) is 96.1. The molecular formula is C55H72N10O15P3S+. The molecule has 452 valence electrons. The molecule has 3 aromatic carbocycles. The number of aryl methyl sites for hydroxylation is 1. The molecular weight excluding hydrogens is 1170 g/mol. The topological polar surface area (TPSA) is 336 Å². The number of anilines is 2. The summed E-state index contributed by atoms with van der Waals surface area (Å²) in [6.45, 7) is 11.2. The van der Waals surface area contributed by atoms with E-state index in [0.29, 0.717) is 17.9 Å². The molecule has 29 heteroatoms. The molecule has 84 heavy (non-hydrogen) atoms. The van der Waals surface area contributed by atoms with E-state index in [1.807, 2.05) is 18.2 Å². The number of rotatable bonds is 19. The van der Waals surface area contributed by atoms with Crippen LogP contribution >= 0.6 is 22.4 Å². The van der Waals surface area contributed by atoms with E-state index in [9.17, 15) is 48.2 Å². The number of aliphatic hydroxyl groups excluding tert-OH is 1. The minimum absolute atomic E-state index is 0.00911. The number of nitrogen functional groups attached to an aromatic ring is 1. The number of nitrogens with two attached hydrogens (primary N) is 1. The lowest BCUT2D eigenvalue weighted by atomic mass is 9.64. The zero-order valence-corrected chi connectivity index (χ0v) is 51.3. The molecule has 1 fully saturated rings. The summed E-state index contributed by atoms with van der Waals surface area (Å²) in [6, 6.07) is 15.2. The van der Waals surface area contributed by atoms with Crippen molar-refractivity contribution >= 4 is 80.3 Å². The van der Waals surface area contributed by atoms with Crippen LogP contribution < -0.4 is 36.4 Å². The van der Waals surface area contributed by atoms with Crippen LogP contribution in [0, 0.1) is 0 Å². The lowest BCUT2D eigenvalue weighted by Crippen LogP contribution is -2.50. The average molecular weight is 1240 g/mol. The van der Waals surface area contributed by atoms with Crippen molar-refractivity contribution < 1.29 is 70.8 Å². The number of hydrogen-bond acceptors (Lipinski definition) is 17. The van der Waals surface area contributed by atoms with Crippen LogP contribution in [0.1, 0.15) is 135 Å². The number of imidazole rings is 1. The van der Waals surface area contributed by atoms with Gasteiger partial charge in [0, 0.05) is 85.8 Å². The molecule has 10 rings (SSSR count).